The van der Waals surface area contributed by atoms with Gasteiger partial charge in [0.05, 0.1) is 29.3 Å². The van der Waals surface area contributed by atoms with Crippen LogP contribution in [0, 0.1) is 0 Å². The zero-order valence-corrected chi connectivity index (χ0v) is 17.1. The quantitative estimate of drug-likeness (QED) is 0.778. The molecule has 0 spiro atoms. The van der Waals surface area contributed by atoms with Gasteiger partial charge in [-0.1, -0.05) is 0 Å². The number of nitrogen functional groups attached to an aromatic ring is 1. The third-order valence-corrected chi connectivity index (χ3v) is 4.42. The van der Waals surface area contributed by atoms with E-state index < -0.39 is 30.0 Å². The smallest absolute Gasteiger partial charge is 0.444 e. The molecule has 1 fully saturated rings. The molecule has 2 rings (SSSR count). The second kappa shape index (κ2) is 7.48. The maximum absolute atomic E-state index is 12.0. The average Bonchev–Trinajstić information content (AvgIpc) is 2.72. The molecule has 1 aromatic rings. The SMILES string of the molecule is CC(C)(C)OC(=O)NCC(=Cc1cnc(N)cn1)B1OC(C)(C)C(C)(C)O1. The summed E-state index contributed by atoms with van der Waals surface area (Å²) >= 11 is 0. The number of alkyl carbamates (subject to hydrolysis) is 1. The number of ether oxygens (including phenoxy) is 1. The van der Waals surface area contributed by atoms with Crippen molar-refractivity contribution in [2.45, 2.75) is 65.3 Å². The number of amides is 1. The topological polar surface area (TPSA) is 109 Å². The number of anilines is 1. The van der Waals surface area contributed by atoms with E-state index in [1.54, 1.807) is 12.3 Å². The number of nitrogens with zero attached hydrogens (tertiary/aromatic N) is 2. The zero-order valence-electron chi connectivity index (χ0n) is 17.1. The van der Waals surface area contributed by atoms with Gasteiger partial charge in [0, 0.05) is 6.54 Å². The molecule has 148 valence electrons. The van der Waals surface area contributed by atoms with Gasteiger partial charge in [0.25, 0.3) is 0 Å². The van der Waals surface area contributed by atoms with Gasteiger partial charge in [-0.15, -0.1) is 0 Å². The Kier molecular flexibility index (Phi) is 5.87. The van der Waals surface area contributed by atoms with Crippen LogP contribution in [0.1, 0.15) is 54.2 Å². The van der Waals surface area contributed by atoms with E-state index in [-0.39, 0.29) is 6.54 Å². The number of nitrogens with two attached hydrogens (primary N) is 1. The van der Waals surface area contributed by atoms with Crippen LogP contribution in [0.2, 0.25) is 0 Å². The average molecular weight is 376 g/mol. The number of hydrogen-bond donors (Lipinski definition) is 2. The molecule has 0 unspecified atom stereocenters. The molecule has 8 nitrogen and oxygen atoms in total. The largest absolute Gasteiger partial charge is 0.492 e. The van der Waals surface area contributed by atoms with E-state index in [0.29, 0.717) is 17.0 Å². The molecule has 0 saturated carbocycles. The first-order chi connectivity index (χ1) is 12.3. The van der Waals surface area contributed by atoms with Crippen LogP contribution < -0.4 is 11.1 Å². The van der Waals surface area contributed by atoms with Gasteiger partial charge < -0.3 is 25.1 Å². The molecule has 1 amide bonds. The number of aromatic nitrogens is 2. The molecule has 3 N–H and O–H groups in total. The van der Waals surface area contributed by atoms with Gasteiger partial charge in [-0.2, -0.15) is 0 Å². The lowest BCUT2D eigenvalue weighted by Crippen LogP contribution is -2.41. The van der Waals surface area contributed by atoms with Crippen LogP contribution >= 0.6 is 0 Å². The fourth-order valence-corrected chi connectivity index (χ4v) is 2.30. The van der Waals surface area contributed by atoms with Crippen molar-refractivity contribution in [1.29, 1.82) is 0 Å². The van der Waals surface area contributed by atoms with Gasteiger partial charge in [0.1, 0.15) is 11.4 Å². The Morgan fingerprint density at radius 2 is 1.81 bits per heavy atom. The standard InChI is InChI=1S/C18H29BN4O4/c1-16(2,3)25-15(24)23-9-12(8-13-10-22-14(20)11-21-13)19-26-17(4,5)18(6,7)27-19/h8,10-11H,9H2,1-7H3,(H2,20,22)(H,23,24). The van der Waals surface area contributed by atoms with Gasteiger partial charge >= 0.3 is 13.2 Å². The molecule has 27 heavy (non-hydrogen) atoms. The molecule has 1 saturated heterocycles. The minimum atomic E-state index is -0.635. The summed E-state index contributed by atoms with van der Waals surface area (Å²) in [6, 6.07) is 0. The first-order valence-electron chi connectivity index (χ1n) is 8.89. The summed E-state index contributed by atoms with van der Waals surface area (Å²) in [6.45, 7) is 13.5. The molecular weight excluding hydrogens is 347 g/mol. The maximum Gasteiger partial charge on any atom is 0.492 e. The molecule has 2 heterocycles. The minimum Gasteiger partial charge on any atom is -0.444 e. The maximum atomic E-state index is 12.0. The van der Waals surface area contributed by atoms with Crippen molar-refractivity contribution in [1.82, 2.24) is 15.3 Å². The Labute approximate surface area is 161 Å². The molecular formula is C18H29BN4O4. The van der Waals surface area contributed by atoms with Gasteiger partial charge in [-0.3, -0.25) is 4.98 Å². The number of carbonyl (C=O) groups is 1. The molecule has 1 aliphatic heterocycles. The van der Waals surface area contributed by atoms with Crippen molar-refractivity contribution in [2.75, 3.05) is 12.3 Å². The molecule has 9 heteroatoms. The van der Waals surface area contributed by atoms with Crippen LogP contribution in [-0.2, 0) is 14.0 Å². The Bertz CT molecular complexity index is 695. The van der Waals surface area contributed by atoms with Crippen LogP contribution in [0.5, 0.6) is 0 Å². The predicted octanol–water partition coefficient (Wildman–Crippen LogP) is 2.60. The van der Waals surface area contributed by atoms with Gasteiger partial charge in [0.15, 0.2) is 0 Å². The Morgan fingerprint density at radius 3 is 2.30 bits per heavy atom. The molecule has 1 aromatic heterocycles. The monoisotopic (exact) mass is 376 g/mol. The highest BCUT2D eigenvalue weighted by Crippen LogP contribution is 2.38. The van der Waals surface area contributed by atoms with Crippen LogP contribution in [0.3, 0.4) is 0 Å². The van der Waals surface area contributed by atoms with Crippen molar-refractivity contribution in [3.8, 4) is 0 Å². The van der Waals surface area contributed by atoms with E-state index in [0.717, 1.165) is 0 Å². The van der Waals surface area contributed by atoms with E-state index in [4.69, 9.17) is 19.8 Å². The third kappa shape index (κ3) is 5.67. The van der Waals surface area contributed by atoms with Crippen molar-refractivity contribution >= 4 is 25.1 Å². The van der Waals surface area contributed by atoms with Crippen molar-refractivity contribution in [3.63, 3.8) is 0 Å². The van der Waals surface area contributed by atoms with Gasteiger partial charge in [0.2, 0.25) is 0 Å². The second-order valence-corrected chi connectivity index (χ2v) is 8.53. The fourth-order valence-electron chi connectivity index (χ4n) is 2.30. The summed E-state index contributed by atoms with van der Waals surface area (Å²) in [6.07, 6.45) is 4.27. The molecule has 0 radical (unpaired) electrons. The molecule has 0 bridgehead atoms. The normalized spacial score (nSPS) is 19.1. The molecule has 0 aliphatic carbocycles. The highest BCUT2D eigenvalue weighted by atomic mass is 16.7. The molecule has 0 atom stereocenters. The summed E-state index contributed by atoms with van der Waals surface area (Å²) in [4.78, 5) is 20.3. The highest BCUT2D eigenvalue weighted by molar-refractivity contribution is 6.56. The Hall–Kier alpha value is -2.13. The zero-order chi connectivity index (χ0) is 20.5. The summed E-state index contributed by atoms with van der Waals surface area (Å²) in [7, 11) is -0.635. The summed E-state index contributed by atoms with van der Waals surface area (Å²) < 4.78 is 17.5. The Morgan fingerprint density at radius 1 is 1.22 bits per heavy atom. The first-order valence-corrected chi connectivity index (χ1v) is 8.89. The Balaban J connectivity index is 2.22. The fraction of sp³-hybridized carbons (Fsp3) is 0.611. The van der Waals surface area contributed by atoms with Crippen molar-refractivity contribution in [3.05, 3.63) is 23.6 Å². The predicted molar refractivity (Wildman–Crippen MR) is 105 cm³/mol. The van der Waals surface area contributed by atoms with Gasteiger partial charge in [-0.25, -0.2) is 9.78 Å². The number of rotatable bonds is 4. The van der Waals surface area contributed by atoms with E-state index in [9.17, 15) is 4.79 Å². The van der Waals surface area contributed by atoms with Crippen LogP contribution in [0.4, 0.5) is 10.6 Å². The summed E-state index contributed by atoms with van der Waals surface area (Å²) in [5.41, 5.74) is 5.28. The van der Waals surface area contributed by atoms with E-state index in [1.807, 2.05) is 48.5 Å². The second-order valence-electron chi connectivity index (χ2n) is 8.53. The lowest BCUT2D eigenvalue weighted by atomic mass is 9.77. The van der Waals surface area contributed by atoms with Crippen molar-refractivity contribution in [2.24, 2.45) is 0 Å². The van der Waals surface area contributed by atoms with E-state index in [1.165, 1.54) is 6.20 Å². The minimum absolute atomic E-state index is 0.178. The summed E-state index contributed by atoms with van der Waals surface area (Å²) in [5.74, 6) is 0.330. The molecule has 0 aromatic carbocycles. The van der Waals surface area contributed by atoms with Gasteiger partial charge in [-0.05, 0) is 60.0 Å². The number of carbonyl (C=O) groups excluding carboxylic acids is 1. The van der Waals surface area contributed by atoms with Crippen molar-refractivity contribution < 1.29 is 18.8 Å². The van der Waals surface area contributed by atoms with Crippen LogP contribution in [0.15, 0.2) is 17.9 Å². The van der Waals surface area contributed by atoms with Crippen LogP contribution in [0.25, 0.3) is 6.08 Å². The highest BCUT2D eigenvalue weighted by Gasteiger charge is 2.52. The number of hydrogen-bond acceptors (Lipinski definition) is 7. The lowest BCUT2D eigenvalue weighted by molar-refractivity contribution is 0.00578. The van der Waals surface area contributed by atoms with E-state index in [2.05, 4.69) is 15.3 Å². The lowest BCUT2D eigenvalue weighted by Gasteiger charge is -2.32. The molecule has 1 aliphatic rings. The third-order valence-electron chi connectivity index (χ3n) is 4.42. The number of nitrogens with one attached hydrogen (secondary N) is 1. The summed E-state index contributed by atoms with van der Waals surface area (Å²) in [5, 5.41) is 2.74. The first kappa shape index (κ1) is 21.2. The van der Waals surface area contributed by atoms with Crippen LogP contribution in [-0.4, -0.2) is 46.5 Å². The van der Waals surface area contributed by atoms with E-state index >= 15 is 0 Å².